The summed E-state index contributed by atoms with van der Waals surface area (Å²) in [5.74, 6) is -0.462. The number of hydrogen-bond acceptors (Lipinski definition) is 15. The molecule has 0 amide bonds. The molecule has 99 heavy (non-hydrogen) atoms. The summed E-state index contributed by atoms with van der Waals surface area (Å²) in [4.78, 5) is 73.0. The zero-order valence-electron chi connectivity index (χ0n) is 64.8. The maximum Gasteiger partial charge on any atom is 0.472 e. The van der Waals surface area contributed by atoms with E-state index < -0.39 is 97.5 Å². The van der Waals surface area contributed by atoms with E-state index in [1.807, 2.05) is 0 Å². The molecule has 0 heterocycles. The number of carbonyl (C=O) groups excluding carboxylic acids is 4. The molecule has 0 saturated heterocycles. The van der Waals surface area contributed by atoms with Crippen LogP contribution in [0, 0.1) is 11.8 Å². The Bertz CT molecular complexity index is 1910. The molecule has 17 nitrogen and oxygen atoms in total. The van der Waals surface area contributed by atoms with Crippen LogP contribution in [0.5, 0.6) is 0 Å². The van der Waals surface area contributed by atoms with Gasteiger partial charge >= 0.3 is 39.5 Å². The Kier molecular flexibility index (Phi) is 70.3. The van der Waals surface area contributed by atoms with Crippen LogP contribution in [0.15, 0.2) is 0 Å². The molecule has 0 rings (SSSR count). The van der Waals surface area contributed by atoms with E-state index in [9.17, 15) is 43.2 Å². The zero-order valence-corrected chi connectivity index (χ0v) is 66.6. The molecular weight excluding hydrogens is 1290 g/mol. The third kappa shape index (κ3) is 72.8. The lowest BCUT2D eigenvalue weighted by Crippen LogP contribution is -2.30. The smallest absolute Gasteiger partial charge is 0.462 e. The van der Waals surface area contributed by atoms with Gasteiger partial charge < -0.3 is 33.8 Å². The largest absolute Gasteiger partial charge is 0.472 e. The normalized spacial score (nSPS) is 14.2. The molecule has 19 heteroatoms. The van der Waals surface area contributed by atoms with E-state index in [2.05, 4.69) is 41.5 Å². The average Bonchev–Trinajstić information content (AvgIpc) is 1.04. The Labute approximate surface area is 607 Å². The fraction of sp³-hybridized carbons (Fsp3) is 0.950. The number of esters is 4. The minimum absolute atomic E-state index is 0.108. The average molecular weight is 1450 g/mol. The van der Waals surface area contributed by atoms with Gasteiger partial charge in [0, 0.05) is 25.7 Å². The van der Waals surface area contributed by atoms with E-state index in [1.54, 1.807) is 0 Å². The van der Waals surface area contributed by atoms with Crippen molar-refractivity contribution in [1.82, 2.24) is 0 Å². The summed E-state index contributed by atoms with van der Waals surface area (Å²) in [5, 5.41) is 10.6. The van der Waals surface area contributed by atoms with Crippen molar-refractivity contribution in [2.45, 2.75) is 439 Å². The van der Waals surface area contributed by atoms with Gasteiger partial charge in [0.1, 0.15) is 19.3 Å². The van der Waals surface area contributed by atoms with Crippen LogP contribution in [0.25, 0.3) is 0 Å². The standard InChI is InChI=1S/C80H156O17P2/c1-7-10-12-14-16-18-20-25-34-40-46-52-58-64-79(84)96-75(68-90-77(82)62-56-50-44-38-30-19-17-15-13-11-8-2)70-94-98(86,87)92-66-74(81)67-93-99(88,89)95-71-76(69-91-78(83)63-57-51-45-39-33-28-23-21-26-31-36-42-48-54-60-72(4)5)97-80(85)65-59-53-47-41-35-29-24-22-27-32-37-43-49-55-61-73(6)9-3/h72-76,81H,7-71H2,1-6H3,(H,86,87)(H,88,89)/t73?,74-,75+,76+/m0/s1. The maximum atomic E-state index is 13.1. The van der Waals surface area contributed by atoms with E-state index >= 15 is 0 Å². The second-order valence-electron chi connectivity index (χ2n) is 29.5. The van der Waals surface area contributed by atoms with E-state index in [0.29, 0.717) is 25.7 Å². The third-order valence-electron chi connectivity index (χ3n) is 19.1. The molecule has 0 radical (unpaired) electrons. The summed E-state index contributed by atoms with van der Waals surface area (Å²) in [6, 6.07) is 0. The lowest BCUT2D eigenvalue weighted by Gasteiger charge is -2.21. The molecule has 0 aromatic heterocycles. The van der Waals surface area contributed by atoms with Gasteiger partial charge in [-0.15, -0.1) is 0 Å². The molecule has 0 saturated carbocycles. The Morgan fingerprint density at radius 1 is 0.293 bits per heavy atom. The highest BCUT2D eigenvalue weighted by Gasteiger charge is 2.30. The number of rotatable bonds is 79. The van der Waals surface area contributed by atoms with Crippen molar-refractivity contribution in [3.05, 3.63) is 0 Å². The van der Waals surface area contributed by atoms with Gasteiger partial charge in [-0.3, -0.25) is 37.3 Å². The fourth-order valence-electron chi connectivity index (χ4n) is 12.3. The zero-order chi connectivity index (χ0) is 72.8. The van der Waals surface area contributed by atoms with E-state index in [0.717, 1.165) is 102 Å². The Morgan fingerprint density at radius 3 is 0.768 bits per heavy atom. The van der Waals surface area contributed by atoms with Crippen molar-refractivity contribution in [3.8, 4) is 0 Å². The van der Waals surface area contributed by atoms with Crippen molar-refractivity contribution in [3.63, 3.8) is 0 Å². The van der Waals surface area contributed by atoms with Crippen LogP contribution in [0.2, 0.25) is 0 Å². The summed E-state index contributed by atoms with van der Waals surface area (Å²) in [6.07, 6.45) is 60.8. The topological polar surface area (TPSA) is 237 Å². The van der Waals surface area contributed by atoms with Gasteiger partial charge in [-0.2, -0.15) is 0 Å². The Morgan fingerprint density at radius 2 is 0.515 bits per heavy atom. The summed E-state index contributed by atoms with van der Waals surface area (Å²) in [7, 11) is -9.92. The minimum Gasteiger partial charge on any atom is -0.462 e. The van der Waals surface area contributed by atoms with Gasteiger partial charge in [0.25, 0.3) is 0 Å². The number of carbonyl (C=O) groups is 4. The van der Waals surface area contributed by atoms with Crippen LogP contribution in [-0.2, 0) is 65.4 Å². The molecule has 0 bridgehead atoms. The van der Waals surface area contributed by atoms with E-state index in [4.69, 9.17) is 37.0 Å². The molecule has 0 aromatic rings. The number of aliphatic hydroxyl groups is 1. The van der Waals surface area contributed by atoms with Crippen LogP contribution >= 0.6 is 15.6 Å². The van der Waals surface area contributed by atoms with Gasteiger partial charge in [0.2, 0.25) is 0 Å². The van der Waals surface area contributed by atoms with Crippen molar-refractivity contribution in [2.24, 2.45) is 11.8 Å². The second kappa shape index (κ2) is 71.7. The molecule has 0 fully saturated rings. The molecule has 0 spiro atoms. The van der Waals surface area contributed by atoms with Gasteiger partial charge in [-0.05, 0) is 37.5 Å². The quantitative estimate of drug-likeness (QED) is 0.0222. The first kappa shape index (κ1) is 97.1. The van der Waals surface area contributed by atoms with Crippen LogP contribution in [0.4, 0.5) is 0 Å². The van der Waals surface area contributed by atoms with Crippen molar-refractivity contribution in [2.75, 3.05) is 39.6 Å². The fourth-order valence-corrected chi connectivity index (χ4v) is 13.9. The highest BCUT2D eigenvalue weighted by atomic mass is 31.2. The van der Waals surface area contributed by atoms with Gasteiger partial charge in [0.15, 0.2) is 12.2 Å². The molecule has 6 atom stereocenters. The number of phosphoric ester groups is 2. The van der Waals surface area contributed by atoms with Gasteiger partial charge in [-0.25, -0.2) is 9.13 Å². The molecule has 0 aromatic carbocycles. The number of phosphoric acid groups is 2. The van der Waals surface area contributed by atoms with Crippen LogP contribution in [-0.4, -0.2) is 96.7 Å². The lowest BCUT2D eigenvalue weighted by molar-refractivity contribution is -0.161. The first-order chi connectivity index (χ1) is 47.9. The van der Waals surface area contributed by atoms with Crippen LogP contribution in [0.3, 0.4) is 0 Å². The molecule has 3 unspecified atom stereocenters. The number of ether oxygens (including phenoxy) is 4. The monoisotopic (exact) mass is 1450 g/mol. The first-order valence-electron chi connectivity index (χ1n) is 41.5. The van der Waals surface area contributed by atoms with E-state index in [1.165, 1.54) is 238 Å². The van der Waals surface area contributed by atoms with Gasteiger partial charge in [0.05, 0.1) is 26.4 Å². The van der Waals surface area contributed by atoms with Crippen molar-refractivity contribution < 1.29 is 80.2 Å². The molecule has 3 N–H and O–H groups in total. The minimum atomic E-state index is -4.96. The summed E-state index contributed by atoms with van der Waals surface area (Å²) in [5.41, 5.74) is 0. The number of hydrogen-bond donors (Lipinski definition) is 3. The molecule has 0 aliphatic rings. The molecule has 0 aliphatic carbocycles. The van der Waals surface area contributed by atoms with E-state index in [-0.39, 0.29) is 25.7 Å². The molecule has 588 valence electrons. The first-order valence-corrected chi connectivity index (χ1v) is 44.5. The summed E-state index contributed by atoms with van der Waals surface area (Å²) in [6.45, 7) is 9.71. The number of aliphatic hydroxyl groups excluding tert-OH is 1. The Hall–Kier alpha value is -1.94. The second-order valence-corrected chi connectivity index (χ2v) is 32.4. The van der Waals surface area contributed by atoms with Gasteiger partial charge in [-0.1, -0.05) is 369 Å². The summed E-state index contributed by atoms with van der Waals surface area (Å²) < 4.78 is 68.7. The maximum absolute atomic E-state index is 13.1. The predicted molar refractivity (Wildman–Crippen MR) is 405 cm³/mol. The third-order valence-corrected chi connectivity index (χ3v) is 21.0. The Balaban J connectivity index is 5.25. The lowest BCUT2D eigenvalue weighted by atomic mass is 9.99. The van der Waals surface area contributed by atoms with Crippen molar-refractivity contribution in [1.29, 1.82) is 0 Å². The molecule has 0 aliphatic heterocycles. The van der Waals surface area contributed by atoms with Crippen LogP contribution < -0.4 is 0 Å². The summed E-state index contributed by atoms with van der Waals surface area (Å²) >= 11 is 0. The highest BCUT2D eigenvalue weighted by molar-refractivity contribution is 7.47. The highest BCUT2D eigenvalue weighted by Crippen LogP contribution is 2.45. The predicted octanol–water partition coefficient (Wildman–Crippen LogP) is 23.9. The molecular formula is C80H156O17P2. The SMILES string of the molecule is CCCCCCCCCCCCCCCC(=O)O[C@H](COC(=O)CCCCCCCCCCCCC)COP(=O)(O)OC[C@H](O)COP(=O)(O)OC[C@@H](COC(=O)CCCCCCCCCCCCCCCCC(C)C)OC(=O)CCCCCCCCCCCCCCCCC(C)CC. The van der Waals surface area contributed by atoms with Crippen LogP contribution in [0.1, 0.15) is 420 Å². The van der Waals surface area contributed by atoms with Crippen molar-refractivity contribution >= 4 is 39.5 Å². The number of unbranched alkanes of at least 4 members (excludes halogenated alkanes) is 48.